The minimum absolute atomic E-state index is 0.0896. The van der Waals surface area contributed by atoms with Crippen LogP contribution in [0.3, 0.4) is 0 Å². The first kappa shape index (κ1) is 17.9. The Kier molecular flexibility index (Phi) is 5.72. The summed E-state index contributed by atoms with van der Waals surface area (Å²) < 4.78 is 44.7. The Bertz CT molecular complexity index is 582. The van der Waals surface area contributed by atoms with Crippen LogP contribution in [0.25, 0.3) is 0 Å². The predicted molar refractivity (Wildman–Crippen MR) is 81.4 cm³/mol. The number of ether oxygens (including phenoxy) is 1. The highest BCUT2D eigenvalue weighted by atomic mass is 32.2. The number of anilines is 1. The van der Waals surface area contributed by atoms with Crippen molar-refractivity contribution in [2.75, 3.05) is 26.0 Å². The molecule has 0 unspecified atom stereocenters. The zero-order valence-corrected chi connectivity index (χ0v) is 13.8. The van der Waals surface area contributed by atoms with Gasteiger partial charge in [-0.05, 0) is 30.7 Å². The molecule has 0 radical (unpaired) electrons. The summed E-state index contributed by atoms with van der Waals surface area (Å²) in [6.07, 6.45) is -0.0994. The number of halogens is 1. The van der Waals surface area contributed by atoms with E-state index < -0.39 is 15.8 Å². The minimum Gasteiger partial charge on any atom is -0.380 e. The Morgan fingerprint density at radius 3 is 2.38 bits per heavy atom. The Hall–Kier alpha value is -1.18. The van der Waals surface area contributed by atoms with Gasteiger partial charge in [-0.3, -0.25) is 0 Å². The average Bonchev–Trinajstić information content (AvgIpc) is 2.39. The Morgan fingerprint density at radius 2 is 1.95 bits per heavy atom. The maximum atomic E-state index is 14.0. The zero-order chi connectivity index (χ0) is 16.3. The van der Waals surface area contributed by atoms with Crippen molar-refractivity contribution < 1.29 is 17.5 Å². The second kappa shape index (κ2) is 6.72. The lowest BCUT2D eigenvalue weighted by molar-refractivity contribution is 0.0268. The highest BCUT2D eigenvalue weighted by Gasteiger charge is 2.24. The fourth-order valence-corrected chi connectivity index (χ4v) is 2.61. The van der Waals surface area contributed by atoms with Crippen LogP contribution in [0.4, 0.5) is 10.1 Å². The molecule has 0 heterocycles. The molecule has 0 spiro atoms. The lowest BCUT2D eigenvalue weighted by Gasteiger charge is -2.29. The average molecular weight is 318 g/mol. The van der Waals surface area contributed by atoms with Crippen LogP contribution < -0.4 is 10.0 Å². The van der Waals surface area contributed by atoms with E-state index >= 15 is 0 Å². The van der Waals surface area contributed by atoms with Gasteiger partial charge in [-0.15, -0.1) is 0 Å². The number of rotatable bonds is 6. The first-order valence-electron chi connectivity index (χ1n) is 6.61. The van der Waals surface area contributed by atoms with Crippen LogP contribution in [0.1, 0.15) is 20.8 Å². The molecule has 120 valence electrons. The van der Waals surface area contributed by atoms with Gasteiger partial charge in [0, 0.05) is 13.7 Å². The predicted octanol–water partition coefficient (Wildman–Crippen LogP) is 2.21. The van der Waals surface area contributed by atoms with E-state index in [0.717, 1.165) is 6.07 Å². The molecule has 0 aromatic heterocycles. The summed E-state index contributed by atoms with van der Waals surface area (Å²) in [5, 5.41) is 2.95. The van der Waals surface area contributed by atoms with Crippen LogP contribution in [0.5, 0.6) is 0 Å². The van der Waals surface area contributed by atoms with E-state index in [1.165, 1.54) is 19.2 Å². The second-order valence-corrected chi connectivity index (χ2v) is 7.71. The molecule has 0 bridgehead atoms. The Labute approximate surface area is 125 Å². The summed E-state index contributed by atoms with van der Waals surface area (Å²) in [7, 11) is -0.748. The summed E-state index contributed by atoms with van der Waals surface area (Å²) in [6.45, 7) is 6.51. The number of hydrogen-bond acceptors (Lipinski definition) is 4. The van der Waals surface area contributed by atoms with Crippen molar-refractivity contribution in [2.45, 2.75) is 31.8 Å². The second-order valence-electron chi connectivity index (χ2n) is 5.82. The van der Waals surface area contributed by atoms with Gasteiger partial charge in [0.05, 0.1) is 16.7 Å². The van der Waals surface area contributed by atoms with E-state index in [1.54, 1.807) is 7.11 Å². The number of nitrogens with one attached hydrogen (secondary N) is 2. The Balaban J connectivity index is 2.88. The fourth-order valence-electron chi connectivity index (χ4n) is 1.87. The molecule has 1 aromatic rings. The normalized spacial score (nSPS) is 14.0. The maximum absolute atomic E-state index is 14.0. The molecule has 7 heteroatoms. The van der Waals surface area contributed by atoms with E-state index in [-0.39, 0.29) is 22.1 Å². The van der Waals surface area contributed by atoms with Crippen molar-refractivity contribution in [2.24, 2.45) is 5.41 Å². The highest BCUT2D eigenvalue weighted by Crippen LogP contribution is 2.24. The molecule has 0 saturated carbocycles. The van der Waals surface area contributed by atoms with Crippen LogP contribution >= 0.6 is 0 Å². The lowest BCUT2D eigenvalue weighted by Crippen LogP contribution is -2.35. The standard InChI is InChI=1S/C14H23FN2O3S/c1-14(2,3)13(20-5)9-17-12-7-6-10(8-11(12)15)21(18,19)16-4/h6-8,13,16-17H,9H2,1-5H3/t13-/m0/s1. The molecular weight excluding hydrogens is 295 g/mol. The third kappa shape index (κ3) is 4.66. The van der Waals surface area contributed by atoms with E-state index in [1.807, 2.05) is 20.8 Å². The van der Waals surface area contributed by atoms with Gasteiger partial charge < -0.3 is 10.1 Å². The number of sulfonamides is 1. The van der Waals surface area contributed by atoms with Crippen molar-refractivity contribution in [1.29, 1.82) is 0 Å². The van der Waals surface area contributed by atoms with Crippen molar-refractivity contribution in [3.05, 3.63) is 24.0 Å². The van der Waals surface area contributed by atoms with Crippen molar-refractivity contribution >= 4 is 15.7 Å². The third-order valence-corrected chi connectivity index (χ3v) is 4.66. The van der Waals surface area contributed by atoms with Gasteiger partial charge in [0.1, 0.15) is 5.82 Å². The summed E-state index contributed by atoms with van der Waals surface area (Å²) in [5.74, 6) is -0.616. The molecule has 0 fully saturated rings. The quantitative estimate of drug-likeness (QED) is 0.844. The third-order valence-electron chi connectivity index (χ3n) is 3.25. The monoisotopic (exact) mass is 318 g/mol. The van der Waals surface area contributed by atoms with E-state index in [2.05, 4.69) is 10.0 Å². The molecule has 2 N–H and O–H groups in total. The van der Waals surface area contributed by atoms with Crippen molar-refractivity contribution in [3.8, 4) is 0 Å². The maximum Gasteiger partial charge on any atom is 0.240 e. The summed E-state index contributed by atoms with van der Waals surface area (Å²) in [6, 6.07) is 3.76. The van der Waals surface area contributed by atoms with E-state index in [9.17, 15) is 12.8 Å². The molecule has 0 aliphatic carbocycles. The van der Waals surface area contributed by atoms with Crippen molar-refractivity contribution in [3.63, 3.8) is 0 Å². The molecule has 0 aliphatic rings. The Morgan fingerprint density at radius 1 is 1.33 bits per heavy atom. The smallest absolute Gasteiger partial charge is 0.240 e. The molecule has 0 amide bonds. The van der Waals surface area contributed by atoms with Gasteiger partial charge >= 0.3 is 0 Å². The molecular formula is C14H23FN2O3S. The first-order chi connectivity index (χ1) is 9.61. The van der Waals surface area contributed by atoms with E-state index in [0.29, 0.717) is 6.54 Å². The van der Waals surface area contributed by atoms with Crippen LogP contribution in [0.2, 0.25) is 0 Å². The van der Waals surface area contributed by atoms with Crippen LogP contribution in [0.15, 0.2) is 23.1 Å². The van der Waals surface area contributed by atoms with E-state index in [4.69, 9.17) is 4.74 Å². The topological polar surface area (TPSA) is 67.4 Å². The minimum atomic E-state index is -3.64. The molecule has 0 saturated heterocycles. The number of hydrogen-bond donors (Lipinski definition) is 2. The van der Waals surface area contributed by atoms with Crippen LogP contribution in [-0.4, -0.2) is 35.2 Å². The number of benzene rings is 1. The largest absolute Gasteiger partial charge is 0.380 e. The molecule has 21 heavy (non-hydrogen) atoms. The number of methoxy groups -OCH3 is 1. The zero-order valence-electron chi connectivity index (χ0n) is 13.0. The molecule has 1 atom stereocenters. The molecule has 1 aromatic carbocycles. The van der Waals surface area contributed by atoms with Gasteiger partial charge in [-0.2, -0.15) is 0 Å². The van der Waals surface area contributed by atoms with Crippen LogP contribution in [0, 0.1) is 11.2 Å². The van der Waals surface area contributed by atoms with Gasteiger partial charge in [-0.25, -0.2) is 17.5 Å². The molecule has 1 rings (SSSR count). The first-order valence-corrected chi connectivity index (χ1v) is 8.10. The molecule has 0 aliphatic heterocycles. The lowest BCUT2D eigenvalue weighted by atomic mass is 9.89. The van der Waals surface area contributed by atoms with Crippen LogP contribution in [-0.2, 0) is 14.8 Å². The van der Waals surface area contributed by atoms with Gasteiger partial charge in [0.2, 0.25) is 10.0 Å². The highest BCUT2D eigenvalue weighted by molar-refractivity contribution is 7.89. The SMILES string of the molecule is CNS(=O)(=O)c1ccc(NC[C@H](OC)C(C)(C)C)c(F)c1. The fraction of sp³-hybridized carbons (Fsp3) is 0.571. The van der Waals surface area contributed by atoms with Gasteiger partial charge in [-0.1, -0.05) is 20.8 Å². The summed E-state index contributed by atoms with van der Waals surface area (Å²) in [5.41, 5.74) is 0.157. The van der Waals surface area contributed by atoms with Gasteiger partial charge in [0.15, 0.2) is 0 Å². The summed E-state index contributed by atoms with van der Waals surface area (Å²) in [4.78, 5) is -0.104. The van der Waals surface area contributed by atoms with Gasteiger partial charge in [0.25, 0.3) is 0 Å². The summed E-state index contributed by atoms with van der Waals surface area (Å²) >= 11 is 0. The molecule has 5 nitrogen and oxygen atoms in total. The van der Waals surface area contributed by atoms with Crippen molar-refractivity contribution in [1.82, 2.24) is 4.72 Å².